The van der Waals surface area contributed by atoms with Crippen molar-refractivity contribution in [3.8, 4) is 11.5 Å². The van der Waals surface area contributed by atoms with E-state index in [0.717, 1.165) is 17.1 Å². The topological polar surface area (TPSA) is 35.5 Å². The Labute approximate surface area is 88.3 Å². The van der Waals surface area contributed by atoms with Crippen LogP contribution in [0.5, 0.6) is 11.5 Å². The van der Waals surface area contributed by atoms with Crippen LogP contribution in [0.2, 0.25) is 0 Å². The molecule has 78 valence electrons. The Bertz CT molecular complexity index is 407. The van der Waals surface area contributed by atoms with Crippen LogP contribution in [-0.4, -0.2) is 19.0 Å². The largest absolute Gasteiger partial charge is 0.486 e. The van der Waals surface area contributed by atoms with E-state index in [1.807, 2.05) is 18.2 Å². The second kappa shape index (κ2) is 4.17. The summed E-state index contributed by atoms with van der Waals surface area (Å²) < 4.78 is 10.8. The summed E-state index contributed by atoms with van der Waals surface area (Å²) in [6.07, 6.45) is 3.30. The van der Waals surface area contributed by atoms with E-state index in [4.69, 9.17) is 9.47 Å². The summed E-state index contributed by atoms with van der Waals surface area (Å²) in [5, 5.41) is 0. The average molecular weight is 204 g/mol. The van der Waals surface area contributed by atoms with Gasteiger partial charge in [-0.2, -0.15) is 0 Å². The number of ketones is 1. The van der Waals surface area contributed by atoms with Crippen LogP contribution in [0.25, 0.3) is 6.08 Å². The Morgan fingerprint density at radius 1 is 1.27 bits per heavy atom. The summed E-state index contributed by atoms with van der Waals surface area (Å²) in [6.45, 7) is 2.69. The van der Waals surface area contributed by atoms with Crippen LogP contribution < -0.4 is 9.47 Å². The molecule has 1 aliphatic heterocycles. The number of fused-ring (bicyclic) bond motifs is 1. The van der Waals surface area contributed by atoms with Gasteiger partial charge in [0.05, 0.1) is 0 Å². The van der Waals surface area contributed by atoms with Gasteiger partial charge in [0.25, 0.3) is 0 Å². The van der Waals surface area contributed by atoms with E-state index in [-0.39, 0.29) is 5.78 Å². The van der Waals surface area contributed by atoms with Crippen molar-refractivity contribution in [3.05, 3.63) is 29.8 Å². The predicted octanol–water partition coefficient (Wildman–Crippen LogP) is 2.06. The first-order valence-electron chi connectivity index (χ1n) is 4.84. The minimum absolute atomic E-state index is 0.0323. The molecule has 3 nitrogen and oxygen atoms in total. The lowest BCUT2D eigenvalue weighted by Crippen LogP contribution is -2.15. The standard InChI is InChI=1S/C12H12O3/c1-9(13)2-3-10-4-5-11-12(8-10)15-7-6-14-11/h2-5,8H,6-7H2,1H3. The molecule has 0 aliphatic carbocycles. The van der Waals surface area contributed by atoms with Crippen molar-refractivity contribution in [2.75, 3.05) is 13.2 Å². The van der Waals surface area contributed by atoms with Gasteiger partial charge in [0.2, 0.25) is 0 Å². The predicted molar refractivity (Wildman–Crippen MR) is 57.1 cm³/mol. The van der Waals surface area contributed by atoms with Gasteiger partial charge in [0.15, 0.2) is 17.3 Å². The molecule has 0 N–H and O–H groups in total. The molecule has 3 heteroatoms. The zero-order chi connectivity index (χ0) is 10.7. The van der Waals surface area contributed by atoms with Gasteiger partial charge in [0.1, 0.15) is 13.2 Å². The second-order valence-electron chi connectivity index (χ2n) is 3.35. The molecule has 0 unspecified atom stereocenters. The van der Waals surface area contributed by atoms with E-state index >= 15 is 0 Å². The molecule has 0 aromatic heterocycles. The first-order chi connectivity index (χ1) is 7.25. The lowest BCUT2D eigenvalue weighted by Gasteiger charge is -2.18. The molecule has 0 spiro atoms. The molecular formula is C12H12O3. The van der Waals surface area contributed by atoms with Crippen LogP contribution in [-0.2, 0) is 4.79 Å². The highest BCUT2D eigenvalue weighted by molar-refractivity contribution is 5.91. The van der Waals surface area contributed by atoms with Gasteiger partial charge < -0.3 is 9.47 Å². The fourth-order valence-corrected chi connectivity index (χ4v) is 1.38. The van der Waals surface area contributed by atoms with E-state index in [1.54, 1.807) is 6.08 Å². The SMILES string of the molecule is CC(=O)C=Cc1ccc2c(c1)OCCO2. The summed E-state index contributed by atoms with van der Waals surface area (Å²) in [5.41, 5.74) is 0.939. The van der Waals surface area contributed by atoms with Crippen molar-refractivity contribution < 1.29 is 14.3 Å². The van der Waals surface area contributed by atoms with Gasteiger partial charge in [-0.3, -0.25) is 4.79 Å². The normalized spacial score (nSPS) is 14.2. The Hall–Kier alpha value is -1.77. The van der Waals surface area contributed by atoms with Gasteiger partial charge in [0, 0.05) is 0 Å². The molecule has 0 amide bonds. The molecule has 1 heterocycles. The van der Waals surface area contributed by atoms with Crippen molar-refractivity contribution in [1.29, 1.82) is 0 Å². The third-order valence-electron chi connectivity index (χ3n) is 2.08. The lowest BCUT2D eigenvalue weighted by molar-refractivity contribution is -0.112. The van der Waals surface area contributed by atoms with E-state index in [1.165, 1.54) is 13.0 Å². The van der Waals surface area contributed by atoms with Gasteiger partial charge in [-0.15, -0.1) is 0 Å². The molecule has 0 saturated heterocycles. The Kier molecular flexibility index (Phi) is 2.72. The maximum atomic E-state index is 10.8. The van der Waals surface area contributed by atoms with Crippen molar-refractivity contribution >= 4 is 11.9 Å². The zero-order valence-electron chi connectivity index (χ0n) is 8.53. The number of benzene rings is 1. The highest BCUT2D eigenvalue weighted by atomic mass is 16.6. The fourth-order valence-electron chi connectivity index (χ4n) is 1.38. The molecule has 0 saturated carbocycles. The molecule has 0 fully saturated rings. The van der Waals surface area contributed by atoms with Crippen LogP contribution >= 0.6 is 0 Å². The van der Waals surface area contributed by atoms with Gasteiger partial charge >= 0.3 is 0 Å². The van der Waals surface area contributed by atoms with Crippen LogP contribution in [0.3, 0.4) is 0 Å². The number of carbonyl (C=O) groups excluding carboxylic acids is 1. The number of hydrogen-bond donors (Lipinski definition) is 0. The molecule has 1 aromatic rings. The zero-order valence-corrected chi connectivity index (χ0v) is 8.53. The summed E-state index contributed by atoms with van der Waals surface area (Å²) in [5.74, 6) is 1.54. The summed E-state index contributed by atoms with van der Waals surface area (Å²) in [7, 11) is 0. The van der Waals surface area contributed by atoms with Gasteiger partial charge in [-0.25, -0.2) is 0 Å². The molecule has 0 atom stereocenters. The molecule has 0 radical (unpaired) electrons. The van der Waals surface area contributed by atoms with Gasteiger partial charge in [-0.05, 0) is 30.7 Å². The minimum Gasteiger partial charge on any atom is -0.486 e. The maximum Gasteiger partial charge on any atom is 0.161 e. The van der Waals surface area contributed by atoms with Crippen molar-refractivity contribution in [2.24, 2.45) is 0 Å². The third kappa shape index (κ3) is 2.37. The molecular weight excluding hydrogens is 192 g/mol. The van der Waals surface area contributed by atoms with E-state index in [0.29, 0.717) is 13.2 Å². The third-order valence-corrected chi connectivity index (χ3v) is 2.08. The second-order valence-corrected chi connectivity index (χ2v) is 3.35. The average Bonchev–Trinajstić information content (AvgIpc) is 2.26. The van der Waals surface area contributed by atoms with Crippen molar-refractivity contribution in [3.63, 3.8) is 0 Å². The smallest absolute Gasteiger partial charge is 0.161 e. The Morgan fingerprint density at radius 2 is 2.00 bits per heavy atom. The monoisotopic (exact) mass is 204 g/mol. The maximum absolute atomic E-state index is 10.8. The van der Waals surface area contributed by atoms with Gasteiger partial charge in [-0.1, -0.05) is 12.1 Å². The number of rotatable bonds is 2. The van der Waals surface area contributed by atoms with Crippen molar-refractivity contribution in [2.45, 2.75) is 6.92 Å². The van der Waals surface area contributed by atoms with Crippen LogP contribution in [0.4, 0.5) is 0 Å². The minimum atomic E-state index is 0.0323. The molecule has 15 heavy (non-hydrogen) atoms. The molecule has 1 aliphatic rings. The Morgan fingerprint density at radius 3 is 2.73 bits per heavy atom. The van der Waals surface area contributed by atoms with Crippen molar-refractivity contribution in [1.82, 2.24) is 0 Å². The van der Waals surface area contributed by atoms with E-state index in [2.05, 4.69) is 0 Å². The molecule has 0 bridgehead atoms. The fraction of sp³-hybridized carbons (Fsp3) is 0.250. The first kappa shape index (κ1) is 9.77. The number of carbonyl (C=O) groups is 1. The molecule has 1 aromatic carbocycles. The highest BCUT2D eigenvalue weighted by Gasteiger charge is 2.10. The van der Waals surface area contributed by atoms with E-state index < -0.39 is 0 Å². The van der Waals surface area contributed by atoms with Crippen LogP contribution in [0, 0.1) is 0 Å². The van der Waals surface area contributed by atoms with Crippen LogP contribution in [0.15, 0.2) is 24.3 Å². The van der Waals surface area contributed by atoms with E-state index in [9.17, 15) is 4.79 Å². The number of ether oxygens (including phenoxy) is 2. The highest BCUT2D eigenvalue weighted by Crippen LogP contribution is 2.30. The van der Waals surface area contributed by atoms with Crippen LogP contribution in [0.1, 0.15) is 12.5 Å². The quantitative estimate of drug-likeness (QED) is 0.692. The Balaban J connectivity index is 2.24. The number of hydrogen-bond acceptors (Lipinski definition) is 3. The summed E-state index contributed by atoms with van der Waals surface area (Å²) >= 11 is 0. The number of allylic oxidation sites excluding steroid dienone is 1. The lowest BCUT2D eigenvalue weighted by atomic mass is 10.1. The molecule has 2 rings (SSSR count). The summed E-state index contributed by atoms with van der Waals surface area (Å²) in [6, 6.07) is 5.62. The first-order valence-corrected chi connectivity index (χ1v) is 4.84. The summed E-state index contributed by atoms with van der Waals surface area (Å²) in [4.78, 5) is 10.8.